The normalized spacial score (nSPS) is 20.7. The molecular weight excluding hydrogens is 468 g/mol. The van der Waals surface area contributed by atoms with Crippen molar-refractivity contribution in [2.75, 3.05) is 31.1 Å². The van der Waals surface area contributed by atoms with Gasteiger partial charge >= 0.3 is 0 Å². The second-order valence-corrected chi connectivity index (χ2v) is 9.95. The molecule has 3 aliphatic heterocycles. The summed E-state index contributed by atoms with van der Waals surface area (Å²) < 4.78 is 5.90. The molecule has 0 radical (unpaired) electrons. The standard InChI is InChI=1S/C29H30N4O4/c1-2-37-22-15-21-17-31(16-20-9-5-13-30-27(20)33(21)18-22)25(34)12-6-14-32-28(35)23-10-3-7-19-8-4-11-24(26(19)23)29(32)36/h3-5,7-11,13,21-22H,2,6,12,14-18H2,1H3/t21-,22-/m1/s1. The highest BCUT2D eigenvalue weighted by molar-refractivity contribution is 6.25. The van der Waals surface area contributed by atoms with Crippen molar-refractivity contribution in [2.24, 2.45) is 0 Å². The van der Waals surface area contributed by atoms with Crippen LogP contribution >= 0.6 is 0 Å². The second kappa shape index (κ2) is 9.59. The molecule has 0 saturated carbocycles. The molecule has 0 unspecified atom stereocenters. The van der Waals surface area contributed by atoms with Crippen LogP contribution in [0.5, 0.6) is 0 Å². The first kappa shape index (κ1) is 23.6. The summed E-state index contributed by atoms with van der Waals surface area (Å²) in [4.78, 5) is 49.8. The van der Waals surface area contributed by atoms with Crippen molar-refractivity contribution in [1.29, 1.82) is 0 Å². The van der Waals surface area contributed by atoms with Crippen LogP contribution in [0.2, 0.25) is 0 Å². The van der Waals surface area contributed by atoms with Crippen LogP contribution in [0.25, 0.3) is 10.8 Å². The van der Waals surface area contributed by atoms with Gasteiger partial charge in [0.15, 0.2) is 0 Å². The Hall–Kier alpha value is -3.78. The van der Waals surface area contributed by atoms with E-state index >= 15 is 0 Å². The molecule has 37 heavy (non-hydrogen) atoms. The van der Waals surface area contributed by atoms with Crippen LogP contribution in [0.15, 0.2) is 54.7 Å². The van der Waals surface area contributed by atoms with E-state index in [0.29, 0.717) is 37.2 Å². The molecule has 4 heterocycles. The largest absolute Gasteiger partial charge is 0.377 e. The number of aromatic nitrogens is 1. The predicted octanol–water partition coefficient (Wildman–Crippen LogP) is 3.64. The van der Waals surface area contributed by atoms with Crippen LogP contribution in [0, 0.1) is 0 Å². The number of carbonyl (C=O) groups excluding carboxylic acids is 3. The Morgan fingerprint density at radius 2 is 1.78 bits per heavy atom. The van der Waals surface area contributed by atoms with E-state index in [9.17, 15) is 14.4 Å². The smallest absolute Gasteiger partial charge is 0.261 e. The van der Waals surface area contributed by atoms with Gasteiger partial charge in [-0.2, -0.15) is 0 Å². The number of imide groups is 1. The van der Waals surface area contributed by atoms with Crippen molar-refractivity contribution < 1.29 is 19.1 Å². The molecule has 8 nitrogen and oxygen atoms in total. The van der Waals surface area contributed by atoms with E-state index in [4.69, 9.17) is 4.74 Å². The van der Waals surface area contributed by atoms with Gasteiger partial charge in [0.1, 0.15) is 5.82 Å². The maximum absolute atomic E-state index is 13.4. The number of hydrogen-bond acceptors (Lipinski definition) is 6. The topological polar surface area (TPSA) is 83.0 Å². The van der Waals surface area contributed by atoms with Crippen molar-refractivity contribution in [3.8, 4) is 0 Å². The Bertz CT molecular complexity index is 1340. The molecule has 0 bridgehead atoms. The van der Waals surface area contributed by atoms with Gasteiger partial charge in [-0.3, -0.25) is 19.3 Å². The zero-order valence-electron chi connectivity index (χ0n) is 20.9. The van der Waals surface area contributed by atoms with Gasteiger partial charge < -0.3 is 14.5 Å². The van der Waals surface area contributed by atoms with Crippen LogP contribution in [-0.2, 0) is 16.1 Å². The van der Waals surface area contributed by atoms with Gasteiger partial charge in [0.2, 0.25) is 5.91 Å². The van der Waals surface area contributed by atoms with Crippen LogP contribution in [0.3, 0.4) is 0 Å². The lowest BCUT2D eigenvalue weighted by Crippen LogP contribution is -2.42. The lowest BCUT2D eigenvalue weighted by Gasteiger charge is -2.28. The van der Waals surface area contributed by atoms with Crippen LogP contribution < -0.4 is 4.90 Å². The number of amides is 3. The minimum atomic E-state index is -0.292. The molecule has 2 atom stereocenters. The van der Waals surface area contributed by atoms with Gasteiger partial charge in [-0.15, -0.1) is 0 Å². The summed E-state index contributed by atoms with van der Waals surface area (Å²) in [6, 6.07) is 15.1. The molecule has 0 spiro atoms. The molecule has 0 aliphatic carbocycles. The first-order chi connectivity index (χ1) is 18.0. The third kappa shape index (κ3) is 4.15. The highest BCUT2D eigenvalue weighted by atomic mass is 16.5. The van der Waals surface area contributed by atoms with E-state index in [-0.39, 0.29) is 42.8 Å². The molecule has 190 valence electrons. The average Bonchev–Trinajstić information content (AvgIpc) is 3.23. The predicted molar refractivity (Wildman–Crippen MR) is 139 cm³/mol. The van der Waals surface area contributed by atoms with Crippen molar-refractivity contribution in [3.63, 3.8) is 0 Å². The van der Waals surface area contributed by atoms with Crippen molar-refractivity contribution >= 4 is 34.3 Å². The summed E-state index contributed by atoms with van der Waals surface area (Å²) in [5.41, 5.74) is 2.11. The van der Waals surface area contributed by atoms with Gasteiger partial charge in [0.25, 0.3) is 11.8 Å². The van der Waals surface area contributed by atoms with E-state index in [2.05, 4.69) is 9.88 Å². The number of anilines is 1. The monoisotopic (exact) mass is 498 g/mol. The Morgan fingerprint density at radius 1 is 1.03 bits per heavy atom. The van der Waals surface area contributed by atoms with E-state index in [1.165, 1.54) is 4.90 Å². The summed E-state index contributed by atoms with van der Waals surface area (Å²) in [6.07, 6.45) is 3.46. The first-order valence-corrected chi connectivity index (χ1v) is 13.0. The lowest BCUT2D eigenvalue weighted by atomic mass is 9.94. The third-order valence-corrected chi connectivity index (χ3v) is 7.69. The molecule has 1 aromatic heterocycles. The molecule has 1 fully saturated rings. The minimum absolute atomic E-state index is 0.0240. The van der Waals surface area contributed by atoms with Gasteiger partial charge in [-0.05, 0) is 43.4 Å². The first-order valence-electron chi connectivity index (χ1n) is 13.0. The summed E-state index contributed by atoms with van der Waals surface area (Å²) in [5.74, 6) is 0.374. The van der Waals surface area contributed by atoms with Gasteiger partial charge in [-0.1, -0.05) is 30.3 Å². The fourth-order valence-corrected chi connectivity index (χ4v) is 6.02. The molecule has 2 aromatic carbocycles. The Balaban J connectivity index is 1.15. The summed E-state index contributed by atoms with van der Waals surface area (Å²) >= 11 is 0. The molecule has 0 N–H and O–H groups in total. The number of hydrogen-bond donors (Lipinski definition) is 0. The Morgan fingerprint density at radius 3 is 2.51 bits per heavy atom. The lowest BCUT2D eigenvalue weighted by molar-refractivity contribution is -0.132. The summed E-state index contributed by atoms with van der Waals surface area (Å²) in [7, 11) is 0. The number of carbonyl (C=O) groups is 3. The van der Waals surface area contributed by atoms with Crippen molar-refractivity contribution in [2.45, 2.75) is 44.9 Å². The van der Waals surface area contributed by atoms with E-state index in [0.717, 1.165) is 35.1 Å². The fourth-order valence-electron chi connectivity index (χ4n) is 6.02. The van der Waals surface area contributed by atoms with Gasteiger partial charge in [0.05, 0.1) is 12.1 Å². The molecule has 3 aromatic rings. The average molecular weight is 499 g/mol. The maximum atomic E-state index is 13.4. The van der Waals surface area contributed by atoms with Gasteiger partial charge in [0, 0.05) is 67.5 Å². The molecule has 6 rings (SSSR count). The van der Waals surface area contributed by atoms with Crippen molar-refractivity contribution in [1.82, 2.24) is 14.8 Å². The summed E-state index contributed by atoms with van der Waals surface area (Å²) in [5, 5.41) is 1.60. The highest BCUT2D eigenvalue weighted by Crippen LogP contribution is 2.33. The number of rotatable bonds is 6. The zero-order valence-corrected chi connectivity index (χ0v) is 20.9. The van der Waals surface area contributed by atoms with Crippen molar-refractivity contribution in [3.05, 3.63) is 71.4 Å². The third-order valence-electron chi connectivity index (χ3n) is 7.69. The fraction of sp³-hybridized carbons (Fsp3) is 0.379. The Labute approximate surface area is 215 Å². The number of nitrogens with zero attached hydrogens (tertiary/aromatic N) is 4. The maximum Gasteiger partial charge on any atom is 0.261 e. The number of pyridine rings is 1. The van der Waals surface area contributed by atoms with E-state index < -0.39 is 0 Å². The van der Waals surface area contributed by atoms with Gasteiger partial charge in [-0.25, -0.2) is 4.98 Å². The zero-order chi connectivity index (χ0) is 25.5. The van der Waals surface area contributed by atoms with Crippen LogP contribution in [0.1, 0.15) is 52.5 Å². The molecule has 3 amide bonds. The van der Waals surface area contributed by atoms with E-state index in [1.807, 2.05) is 48.2 Å². The molecular formula is C29H30N4O4. The minimum Gasteiger partial charge on any atom is -0.377 e. The Kier molecular flexibility index (Phi) is 6.12. The summed E-state index contributed by atoms with van der Waals surface area (Å²) in [6.45, 7) is 4.76. The van der Waals surface area contributed by atoms with Crippen LogP contribution in [-0.4, -0.2) is 70.9 Å². The highest BCUT2D eigenvalue weighted by Gasteiger charge is 2.39. The molecule has 1 saturated heterocycles. The SMILES string of the molecule is CCO[C@@H]1C[C@@H]2CN(C(=O)CCCN3C(=O)c4cccc5cccc(c45)C3=O)Cc3cccnc3N2C1. The van der Waals surface area contributed by atoms with Crippen LogP contribution in [0.4, 0.5) is 5.82 Å². The second-order valence-electron chi connectivity index (χ2n) is 9.95. The quantitative estimate of drug-likeness (QED) is 0.483. The van der Waals surface area contributed by atoms with E-state index in [1.54, 1.807) is 18.3 Å². The number of ether oxygens (including phenoxy) is 1. The number of benzene rings is 2. The number of fused-ring (bicyclic) bond motifs is 3. The molecule has 8 heteroatoms. The molecule has 3 aliphatic rings.